The first-order valence-corrected chi connectivity index (χ1v) is 6.65. The highest BCUT2D eigenvalue weighted by atomic mass is 35.5. The summed E-state index contributed by atoms with van der Waals surface area (Å²) in [7, 11) is 0. The number of halogens is 1. The maximum atomic E-state index is 9.85. The lowest BCUT2D eigenvalue weighted by Crippen LogP contribution is -2.22. The van der Waals surface area contributed by atoms with E-state index in [2.05, 4.69) is 16.8 Å². The Morgan fingerprint density at radius 3 is 2.58 bits per heavy atom. The monoisotopic (exact) mass is 276 g/mol. The lowest BCUT2D eigenvalue weighted by molar-refractivity contribution is 0.267. The molecule has 0 fully saturated rings. The van der Waals surface area contributed by atoms with Gasteiger partial charge in [0.05, 0.1) is 0 Å². The SMILES string of the molecule is CCN(Cc1ccncc1)Cc1cc(Cl)ccc1O. The number of nitrogens with zero attached hydrogens (tertiary/aromatic N) is 2. The number of aromatic nitrogens is 1. The Kier molecular flexibility index (Phi) is 4.77. The molecular weight excluding hydrogens is 260 g/mol. The van der Waals surface area contributed by atoms with Crippen LogP contribution in [0.5, 0.6) is 5.75 Å². The van der Waals surface area contributed by atoms with E-state index >= 15 is 0 Å². The molecule has 0 saturated heterocycles. The van der Waals surface area contributed by atoms with Crippen molar-refractivity contribution in [1.29, 1.82) is 0 Å². The molecule has 4 heteroatoms. The Labute approximate surface area is 118 Å². The topological polar surface area (TPSA) is 36.4 Å². The lowest BCUT2D eigenvalue weighted by Gasteiger charge is -2.21. The van der Waals surface area contributed by atoms with Crippen LogP contribution in [-0.2, 0) is 13.1 Å². The van der Waals surface area contributed by atoms with Gasteiger partial charge in [-0.25, -0.2) is 0 Å². The average Bonchev–Trinajstić information content (AvgIpc) is 2.43. The van der Waals surface area contributed by atoms with E-state index in [1.165, 1.54) is 5.56 Å². The van der Waals surface area contributed by atoms with Crippen LogP contribution in [0.25, 0.3) is 0 Å². The van der Waals surface area contributed by atoms with Gasteiger partial charge in [0, 0.05) is 36.1 Å². The maximum Gasteiger partial charge on any atom is 0.120 e. The lowest BCUT2D eigenvalue weighted by atomic mass is 10.1. The zero-order valence-electron chi connectivity index (χ0n) is 10.9. The molecule has 0 aliphatic carbocycles. The molecule has 0 spiro atoms. The van der Waals surface area contributed by atoms with Crippen molar-refractivity contribution in [3.8, 4) is 5.75 Å². The molecule has 0 aliphatic rings. The van der Waals surface area contributed by atoms with Gasteiger partial charge in [-0.2, -0.15) is 0 Å². The highest BCUT2D eigenvalue weighted by Crippen LogP contribution is 2.23. The summed E-state index contributed by atoms with van der Waals surface area (Å²) >= 11 is 5.97. The molecule has 1 N–H and O–H groups in total. The zero-order valence-corrected chi connectivity index (χ0v) is 11.6. The molecule has 1 aromatic heterocycles. The number of phenols is 1. The smallest absolute Gasteiger partial charge is 0.120 e. The van der Waals surface area contributed by atoms with Gasteiger partial charge < -0.3 is 5.11 Å². The molecule has 1 heterocycles. The third kappa shape index (κ3) is 3.94. The molecule has 0 amide bonds. The number of hydrogen-bond donors (Lipinski definition) is 1. The summed E-state index contributed by atoms with van der Waals surface area (Å²) in [4.78, 5) is 6.25. The van der Waals surface area contributed by atoms with Crippen molar-refractivity contribution >= 4 is 11.6 Å². The molecule has 100 valence electrons. The van der Waals surface area contributed by atoms with Crippen molar-refractivity contribution in [3.05, 3.63) is 58.9 Å². The number of hydrogen-bond acceptors (Lipinski definition) is 3. The number of benzene rings is 1. The Bertz CT molecular complexity index is 531. The van der Waals surface area contributed by atoms with Gasteiger partial charge in [0.1, 0.15) is 5.75 Å². The molecule has 0 aliphatic heterocycles. The van der Waals surface area contributed by atoms with Crippen molar-refractivity contribution in [2.75, 3.05) is 6.54 Å². The van der Waals surface area contributed by atoms with E-state index < -0.39 is 0 Å². The second kappa shape index (κ2) is 6.55. The van der Waals surface area contributed by atoms with Crippen LogP contribution in [0.15, 0.2) is 42.7 Å². The summed E-state index contributed by atoms with van der Waals surface area (Å²) in [5.41, 5.74) is 2.06. The summed E-state index contributed by atoms with van der Waals surface area (Å²) < 4.78 is 0. The van der Waals surface area contributed by atoms with Crippen LogP contribution in [-0.4, -0.2) is 21.5 Å². The number of pyridine rings is 1. The summed E-state index contributed by atoms with van der Waals surface area (Å²) in [5.74, 6) is 0.289. The number of rotatable bonds is 5. The standard InChI is InChI=1S/C15H17ClN2O/c1-2-18(10-12-5-7-17-8-6-12)11-13-9-14(16)3-4-15(13)19/h3-9,19H,2,10-11H2,1H3. The van der Waals surface area contributed by atoms with Gasteiger partial charge in [0.25, 0.3) is 0 Å². The van der Waals surface area contributed by atoms with Gasteiger partial charge in [0.2, 0.25) is 0 Å². The predicted molar refractivity (Wildman–Crippen MR) is 77.1 cm³/mol. The molecule has 0 unspecified atom stereocenters. The van der Waals surface area contributed by atoms with Gasteiger partial charge >= 0.3 is 0 Å². The molecule has 2 aromatic rings. The minimum absolute atomic E-state index is 0.289. The number of phenolic OH excluding ortho intramolecular Hbond substituents is 1. The van der Waals surface area contributed by atoms with Crippen molar-refractivity contribution < 1.29 is 5.11 Å². The van der Waals surface area contributed by atoms with Crippen molar-refractivity contribution in [2.45, 2.75) is 20.0 Å². The van der Waals surface area contributed by atoms with E-state index in [1.807, 2.05) is 18.2 Å². The molecule has 0 bridgehead atoms. The Hall–Kier alpha value is -1.58. The molecule has 3 nitrogen and oxygen atoms in total. The molecular formula is C15H17ClN2O. The van der Waals surface area contributed by atoms with Crippen LogP contribution in [0.1, 0.15) is 18.1 Å². The van der Waals surface area contributed by atoms with E-state index in [0.29, 0.717) is 11.6 Å². The van der Waals surface area contributed by atoms with Crippen LogP contribution in [0, 0.1) is 0 Å². The minimum atomic E-state index is 0.289. The van der Waals surface area contributed by atoms with Crippen LogP contribution < -0.4 is 0 Å². The fraction of sp³-hybridized carbons (Fsp3) is 0.267. The zero-order chi connectivity index (χ0) is 13.7. The fourth-order valence-electron chi connectivity index (χ4n) is 1.95. The Morgan fingerprint density at radius 1 is 1.16 bits per heavy atom. The summed E-state index contributed by atoms with van der Waals surface area (Å²) in [6, 6.07) is 9.14. The highest BCUT2D eigenvalue weighted by molar-refractivity contribution is 6.30. The molecule has 0 atom stereocenters. The van der Waals surface area contributed by atoms with E-state index in [-0.39, 0.29) is 5.75 Å². The van der Waals surface area contributed by atoms with Gasteiger partial charge in [-0.15, -0.1) is 0 Å². The van der Waals surface area contributed by atoms with E-state index in [9.17, 15) is 5.11 Å². The normalized spacial score (nSPS) is 10.9. The molecule has 0 saturated carbocycles. The third-order valence-corrected chi connectivity index (χ3v) is 3.27. The first-order valence-electron chi connectivity index (χ1n) is 6.27. The predicted octanol–water partition coefficient (Wildman–Crippen LogP) is 3.46. The summed E-state index contributed by atoms with van der Waals surface area (Å²) in [6.07, 6.45) is 3.58. The molecule has 0 radical (unpaired) electrons. The first-order chi connectivity index (χ1) is 9.19. The Morgan fingerprint density at radius 2 is 1.89 bits per heavy atom. The minimum Gasteiger partial charge on any atom is -0.508 e. The second-order valence-corrected chi connectivity index (χ2v) is 4.87. The van der Waals surface area contributed by atoms with Gasteiger partial charge in [-0.05, 0) is 42.4 Å². The average molecular weight is 277 g/mol. The van der Waals surface area contributed by atoms with Crippen LogP contribution >= 0.6 is 11.6 Å². The summed E-state index contributed by atoms with van der Waals surface area (Å²) in [5, 5.41) is 10.5. The Balaban J connectivity index is 2.09. The number of aromatic hydroxyl groups is 1. The second-order valence-electron chi connectivity index (χ2n) is 4.43. The third-order valence-electron chi connectivity index (χ3n) is 3.04. The first kappa shape index (κ1) is 13.8. The van der Waals surface area contributed by atoms with Gasteiger partial charge in [0.15, 0.2) is 0 Å². The van der Waals surface area contributed by atoms with Crippen LogP contribution in [0.3, 0.4) is 0 Å². The molecule has 19 heavy (non-hydrogen) atoms. The van der Waals surface area contributed by atoms with Crippen molar-refractivity contribution in [3.63, 3.8) is 0 Å². The quantitative estimate of drug-likeness (QED) is 0.908. The van der Waals surface area contributed by atoms with E-state index in [1.54, 1.807) is 24.5 Å². The van der Waals surface area contributed by atoms with Gasteiger partial charge in [-0.3, -0.25) is 9.88 Å². The van der Waals surface area contributed by atoms with Crippen molar-refractivity contribution in [1.82, 2.24) is 9.88 Å². The fourth-order valence-corrected chi connectivity index (χ4v) is 2.14. The van der Waals surface area contributed by atoms with Gasteiger partial charge in [-0.1, -0.05) is 18.5 Å². The summed E-state index contributed by atoms with van der Waals surface area (Å²) in [6.45, 7) is 4.49. The molecule has 2 rings (SSSR count). The van der Waals surface area contributed by atoms with E-state index in [4.69, 9.17) is 11.6 Å². The van der Waals surface area contributed by atoms with Crippen molar-refractivity contribution in [2.24, 2.45) is 0 Å². The van der Waals surface area contributed by atoms with E-state index in [0.717, 1.165) is 18.7 Å². The molecule has 1 aromatic carbocycles. The maximum absolute atomic E-state index is 9.85. The van der Waals surface area contributed by atoms with Crippen LogP contribution in [0.2, 0.25) is 5.02 Å². The largest absolute Gasteiger partial charge is 0.508 e. The van der Waals surface area contributed by atoms with Crippen LogP contribution in [0.4, 0.5) is 0 Å². The highest BCUT2D eigenvalue weighted by Gasteiger charge is 2.08.